The predicted octanol–water partition coefficient (Wildman–Crippen LogP) is 3.60. The number of nitrogen functional groups attached to an aromatic ring is 1. The van der Waals surface area contributed by atoms with Gasteiger partial charge < -0.3 is 11.1 Å². The summed E-state index contributed by atoms with van der Waals surface area (Å²) in [5.41, 5.74) is 7.90. The number of hydrogen-bond donors (Lipinski definition) is 2. The molecule has 0 saturated heterocycles. The molecule has 88 valence electrons. The van der Waals surface area contributed by atoms with Crippen molar-refractivity contribution in [2.45, 2.75) is 6.92 Å². The molecule has 3 N–H and O–H groups in total. The Hall–Kier alpha value is -2.10. The Morgan fingerprint density at radius 1 is 1.00 bits per heavy atom. The van der Waals surface area contributed by atoms with Crippen molar-refractivity contribution in [1.29, 1.82) is 0 Å². The van der Waals surface area contributed by atoms with Crippen LogP contribution >= 0.6 is 0 Å². The van der Waals surface area contributed by atoms with Gasteiger partial charge in [0, 0.05) is 11.4 Å². The summed E-state index contributed by atoms with van der Waals surface area (Å²) in [6, 6.07) is 9.26. The zero-order chi connectivity index (χ0) is 12.4. The Morgan fingerprint density at radius 2 is 1.65 bits per heavy atom. The number of halogens is 2. The van der Waals surface area contributed by atoms with E-state index in [1.165, 1.54) is 12.1 Å². The third-order valence-corrected chi connectivity index (χ3v) is 2.60. The van der Waals surface area contributed by atoms with E-state index in [1.807, 2.05) is 6.92 Å². The highest BCUT2D eigenvalue weighted by atomic mass is 19.2. The van der Waals surface area contributed by atoms with Crippen LogP contribution in [-0.4, -0.2) is 0 Å². The van der Waals surface area contributed by atoms with Crippen LogP contribution in [0.5, 0.6) is 0 Å². The van der Waals surface area contributed by atoms with Crippen molar-refractivity contribution >= 4 is 17.1 Å². The van der Waals surface area contributed by atoms with E-state index in [2.05, 4.69) is 5.32 Å². The van der Waals surface area contributed by atoms with E-state index in [0.717, 1.165) is 11.6 Å². The highest BCUT2D eigenvalue weighted by Crippen LogP contribution is 2.26. The fourth-order valence-electron chi connectivity index (χ4n) is 1.53. The number of benzene rings is 2. The summed E-state index contributed by atoms with van der Waals surface area (Å²) in [6.45, 7) is 1.81. The largest absolute Gasteiger partial charge is 0.398 e. The molecule has 0 heterocycles. The molecule has 0 saturated carbocycles. The molecule has 2 aromatic carbocycles. The van der Waals surface area contributed by atoms with Crippen LogP contribution in [0, 0.1) is 18.6 Å². The Labute approximate surface area is 98.1 Å². The van der Waals surface area contributed by atoms with Crippen LogP contribution in [0.15, 0.2) is 36.4 Å². The molecule has 4 heteroatoms. The van der Waals surface area contributed by atoms with Crippen molar-refractivity contribution in [3.8, 4) is 0 Å². The Balaban J connectivity index is 2.38. The van der Waals surface area contributed by atoms with Gasteiger partial charge in [0.25, 0.3) is 0 Å². The van der Waals surface area contributed by atoms with Crippen LogP contribution < -0.4 is 11.1 Å². The van der Waals surface area contributed by atoms with Crippen molar-refractivity contribution in [1.82, 2.24) is 0 Å². The smallest absolute Gasteiger partial charge is 0.182 e. The Kier molecular flexibility index (Phi) is 2.95. The van der Waals surface area contributed by atoms with Crippen molar-refractivity contribution in [3.05, 3.63) is 53.6 Å². The quantitative estimate of drug-likeness (QED) is 0.779. The summed E-state index contributed by atoms with van der Waals surface area (Å²) >= 11 is 0. The van der Waals surface area contributed by atoms with E-state index < -0.39 is 11.6 Å². The van der Waals surface area contributed by atoms with Crippen molar-refractivity contribution < 1.29 is 8.78 Å². The number of nitrogens with two attached hydrogens (primary N) is 1. The van der Waals surface area contributed by atoms with Crippen LogP contribution in [0.25, 0.3) is 0 Å². The van der Waals surface area contributed by atoms with E-state index in [9.17, 15) is 8.78 Å². The van der Waals surface area contributed by atoms with Crippen molar-refractivity contribution in [2.24, 2.45) is 0 Å². The van der Waals surface area contributed by atoms with E-state index in [-0.39, 0.29) is 5.69 Å². The highest BCUT2D eigenvalue weighted by Gasteiger charge is 2.09. The Bertz CT molecular complexity index is 504. The molecule has 2 rings (SSSR count). The number of nitrogens with one attached hydrogen (secondary N) is 1. The van der Waals surface area contributed by atoms with Crippen LogP contribution in [0.2, 0.25) is 0 Å². The molecule has 0 aliphatic heterocycles. The first-order valence-corrected chi connectivity index (χ1v) is 5.15. The number of anilines is 3. The lowest BCUT2D eigenvalue weighted by Gasteiger charge is -2.12. The molecule has 0 atom stereocenters. The second kappa shape index (κ2) is 4.41. The van der Waals surface area contributed by atoms with Gasteiger partial charge in [-0.25, -0.2) is 8.78 Å². The normalized spacial score (nSPS) is 10.3. The molecule has 0 aliphatic rings. The van der Waals surface area contributed by atoms with Gasteiger partial charge in [0.05, 0.1) is 5.69 Å². The lowest BCUT2D eigenvalue weighted by Crippen LogP contribution is -1.99. The highest BCUT2D eigenvalue weighted by molar-refractivity contribution is 5.69. The fourth-order valence-corrected chi connectivity index (χ4v) is 1.53. The molecule has 0 aliphatic carbocycles. The molecule has 0 fully saturated rings. The minimum atomic E-state index is -0.894. The van der Waals surface area contributed by atoms with Crippen molar-refractivity contribution in [3.63, 3.8) is 0 Å². The maximum atomic E-state index is 13.5. The summed E-state index contributed by atoms with van der Waals surface area (Å²) in [6.07, 6.45) is 0. The maximum absolute atomic E-state index is 13.5. The Morgan fingerprint density at radius 3 is 2.41 bits per heavy atom. The molecule has 0 radical (unpaired) electrons. The average molecular weight is 234 g/mol. The first-order chi connectivity index (χ1) is 8.09. The van der Waals surface area contributed by atoms with Gasteiger partial charge in [0.2, 0.25) is 0 Å². The topological polar surface area (TPSA) is 38.0 Å². The summed E-state index contributed by atoms with van der Waals surface area (Å²) < 4.78 is 26.5. The molecule has 17 heavy (non-hydrogen) atoms. The van der Waals surface area contributed by atoms with Gasteiger partial charge in [-0.05, 0) is 36.8 Å². The van der Waals surface area contributed by atoms with Gasteiger partial charge in [-0.3, -0.25) is 0 Å². The summed E-state index contributed by atoms with van der Waals surface area (Å²) in [5, 5.41) is 2.83. The van der Waals surface area contributed by atoms with E-state index in [0.29, 0.717) is 11.4 Å². The minimum absolute atomic E-state index is 0.0960. The molecule has 2 aromatic rings. The fraction of sp³-hybridized carbons (Fsp3) is 0.0769. The zero-order valence-electron chi connectivity index (χ0n) is 9.30. The molecule has 0 amide bonds. The SMILES string of the molecule is Cc1c(N)cccc1Nc1cccc(F)c1F. The van der Waals surface area contributed by atoms with Crippen molar-refractivity contribution in [2.75, 3.05) is 11.1 Å². The number of hydrogen-bond acceptors (Lipinski definition) is 2. The summed E-state index contributed by atoms with van der Waals surface area (Å²) in [5.74, 6) is -1.77. The zero-order valence-corrected chi connectivity index (χ0v) is 9.30. The third-order valence-electron chi connectivity index (χ3n) is 2.60. The second-order valence-electron chi connectivity index (χ2n) is 3.75. The average Bonchev–Trinajstić information content (AvgIpc) is 2.31. The number of rotatable bonds is 2. The summed E-state index contributed by atoms with van der Waals surface area (Å²) in [7, 11) is 0. The molecule has 0 aromatic heterocycles. The van der Waals surface area contributed by atoms with Crippen LogP contribution in [0.3, 0.4) is 0 Å². The van der Waals surface area contributed by atoms with Gasteiger partial charge in [-0.1, -0.05) is 12.1 Å². The molecule has 0 spiro atoms. The lowest BCUT2D eigenvalue weighted by atomic mass is 10.1. The van der Waals surface area contributed by atoms with E-state index in [1.54, 1.807) is 18.2 Å². The third kappa shape index (κ3) is 2.20. The lowest BCUT2D eigenvalue weighted by molar-refractivity contribution is 0.512. The molecule has 0 unspecified atom stereocenters. The van der Waals surface area contributed by atoms with Gasteiger partial charge in [0.15, 0.2) is 11.6 Å². The van der Waals surface area contributed by atoms with Gasteiger partial charge in [0.1, 0.15) is 0 Å². The predicted molar refractivity (Wildman–Crippen MR) is 65.2 cm³/mol. The minimum Gasteiger partial charge on any atom is -0.398 e. The molecule has 2 nitrogen and oxygen atoms in total. The molecular formula is C13H12F2N2. The monoisotopic (exact) mass is 234 g/mol. The molecule has 0 bridgehead atoms. The van der Waals surface area contributed by atoms with Crippen LogP contribution in [0.1, 0.15) is 5.56 Å². The standard InChI is InChI=1S/C13H12F2N2/c1-8-10(16)5-3-6-11(8)17-12-7-2-4-9(14)13(12)15/h2-7,17H,16H2,1H3. The first kappa shape index (κ1) is 11.4. The van der Waals surface area contributed by atoms with Gasteiger partial charge >= 0.3 is 0 Å². The van der Waals surface area contributed by atoms with E-state index >= 15 is 0 Å². The maximum Gasteiger partial charge on any atom is 0.182 e. The van der Waals surface area contributed by atoms with Gasteiger partial charge in [-0.2, -0.15) is 0 Å². The second-order valence-corrected chi connectivity index (χ2v) is 3.75. The van der Waals surface area contributed by atoms with E-state index in [4.69, 9.17) is 5.73 Å². The first-order valence-electron chi connectivity index (χ1n) is 5.15. The van der Waals surface area contributed by atoms with Crippen LogP contribution in [-0.2, 0) is 0 Å². The molecular weight excluding hydrogens is 222 g/mol. The van der Waals surface area contributed by atoms with Gasteiger partial charge in [-0.15, -0.1) is 0 Å². The summed E-state index contributed by atoms with van der Waals surface area (Å²) in [4.78, 5) is 0. The van der Waals surface area contributed by atoms with Crippen LogP contribution in [0.4, 0.5) is 25.8 Å².